The van der Waals surface area contributed by atoms with Crippen molar-refractivity contribution in [3.63, 3.8) is 0 Å². The van der Waals surface area contributed by atoms with Gasteiger partial charge in [-0.25, -0.2) is 0 Å². The number of allylic oxidation sites excluding steroid dienone is 1. The number of methoxy groups -OCH3 is 1. The number of carbonyl (C=O) groups excluding carboxylic acids is 1. The first-order chi connectivity index (χ1) is 11.5. The SMILES string of the molecule is COCCCOC1=C(NC/C=C/CN)C([N+](=O)[O-])CC(C(N)=O)=C1. The number of hydrogen-bond acceptors (Lipinski definition) is 7. The summed E-state index contributed by atoms with van der Waals surface area (Å²) in [5.41, 5.74) is 11.1. The Labute approximate surface area is 140 Å². The third-order valence-corrected chi connectivity index (χ3v) is 3.35. The van der Waals surface area contributed by atoms with Crippen LogP contribution >= 0.6 is 0 Å². The Morgan fingerprint density at radius 2 is 2.25 bits per heavy atom. The third kappa shape index (κ3) is 6.01. The number of rotatable bonds is 11. The molecule has 1 atom stereocenters. The number of primary amides is 1. The van der Waals surface area contributed by atoms with Gasteiger partial charge in [0.1, 0.15) is 11.5 Å². The summed E-state index contributed by atoms with van der Waals surface area (Å²) >= 11 is 0. The number of ether oxygens (including phenoxy) is 2. The van der Waals surface area contributed by atoms with Gasteiger partial charge in [-0.1, -0.05) is 12.2 Å². The molecule has 1 amide bonds. The average molecular weight is 340 g/mol. The third-order valence-electron chi connectivity index (χ3n) is 3.35. The number of hydrogen-bond donors (Lipinski definition) is 3. The topological polar surface area (TPSA) is 143 Å². The summed E-state index contributed by atoms with van der Waals surface area (Å²) in [4.78, 5) is 22.4. The Bertz CT molecular complexity index is 542. The Morgan fingerprint density at radius 3 is 2.83 bits per heavy atom. The molecule has 1 rings (SSSR count). The molecule has 1 unspecified atom stereocenters. The molecule has 0 aromatic heterocycles. The number of carbonyl (C=O) groups is 1. The minimum Gasteiger partial charge on any atom is -0.491 e. The fourth-order valence-corrected chi connectivity index (χ4v) is 2.18. The van der Waals surface area contributed by atoms with Crippen molar-refractivity contribution in [2.45, 2.75) is 18.9 Å². The van der Waals surface area contributed by atoms with Crippen LogP contribution in [-0.4, -0.2) is 50.3 Å². The number of nitrogens with one attached hydrogen (secondary N) is 1. The van der Waals surface area contributed by atoms with Gasteiger partial charge in [-0.3, -0.25) is 14.9 Å². The van der Waals surface area contributed by atoms with Crippen molar-refractivity contribution in [2.24, 2.45) is 11.5 Å². The van der Waals surface area contributed by atoms with Gasteiger partial charge in [0, 0.05) is 43.7 Å². The van der Waals surface area contributed by atoms with Gasteiger partial charge in [-0.2, -0.15) is 0 Å². The van der Waals surface area contributed by atoms with Crippen molar-refractivity contribution in [3.05, 3.63) is 45.4 Å². The Morgan fingerprint density at radius 1 is 1.50 bits per heavy atom. The molecule has 0 saturated heterocycles. The van der Waals surface area contributed by atoms with Crippen molar-refractivity contribution in [2.75, 3.05) is 33.4 Å². The van der Waals surface area contributed by atoms with E-state index in [0.29, 0.717) is 38.4 Å². The second-order valence-corrected chi connectivity index (χ2v) is 5.10. The van der Waals surface area contributed by atoms with Crippen LogP contribution in [0.25, 0.3) is 0 Å². The molecule has 1 aliphatic carbocycles. The van der Waals surface area contributed by atoms with Crippen LogP contribution in [0.3, 0.4) is 0 Å². The van der Waals surface area contributed by atoms with Gasteiger partial charge in [0.25, 0.3) is 6.04 Å². The van der Waals surface area contributed by atoms with E-state index in [1.807, 2.05) is 0 Å². The molecule has 134 valence electrons. The van der Waals surface area contributed by atoms with E-state index in [2.05, 4.69) is 5.32 Å². The highest BCUT2D eigenvalue weighted by molar-refractivity contribution is 5.92. The zero-order chi connectivity index (χ0) is 17.9. The number of nitrogens with two attached hydrogens (primary N) is 2. The van der Waals surface area contributed by atoms with Crippen LogP contribution in [0, 0.1) is 10.1 Å². The summed E-state index contributed by atoms with van der Waals surface area (Å²) in [6.45, 7) is 1.55. The molecule has 1 aliphatic rings. The van der Waals surface area contributed by atoms with Gasteiger partial charge in [-0.05, 0) is 6.08 Å². The molecular weight excluding hydrogens is 316 g/mol. The summed E-state index contributed by atoms with van der Waals surface area (Å²) in [6.07, 6.45) is 5.50. The normalized spacial score (nSPS) is 17.8. The lowest BCUT2D eigenvalue weighted by Gasteiger charge is -2.23. The molecule has 24 heavy (non-hydrogen) atoms. The summed E-state index contributed by atoms with van der Waals surface area (Å²) in [5.74, 6) is -0.434. The highest BCUT2D eigenvalue weighted by atomic mass is 16.6. The number of nitro groups is 1. The largest absolute Gasteiger partial charge is 0.491 e. The van der Waals surface area contributed by atoms with E-state index in [4.69, 9.17) is 20.9 Å². The summed E-state index contributed by atoms with van der Waals surface area (Å²) in [5, 5.41) is 14.4. The van der Waals surface area contributed by atoms with E-state index in [0.717, 1.165) is 0 Å². The van der Waals surface area contributed by atoms with Gasteiger partial charge < -0.3 is 26.3 Å². The summed E-state index contributed by atoms with van der Waals surface area (Å²) in [7, 11) is 1.57. The summed E-state index contributed by atoms with van der Waals surface area (Å²) < 4.78 is 10.6. The van der Waals surface area contributed by atoms with Crippen LogP contribution < -0.4 is 16.8 Å². The van der Waals surface area contributed by atoms with Gasteiger partial charge >= 0.3 is 0 Å². The van der Waals surface area contributed by atoms with E-state index in [9.17, 15) is 14.9 Å². The molecule has 5 N–H and O–H groups in total. The van der Waals surface area contributed by atoms with E-state index in [1.54, 1.807) is 19.3 Å². The maximum Gasteiger partial charge on any atom is 0.260 e. The van der Waals surface area contributed by atoms with Crippen molar-refractivity contribution in [1.82, 2.24) is 5.32 Å². The van der Waals surface area contributed by atoms with E-state index in [-0.39, 0.29) is 17.8 Å². The highest BCUT2D eigenvalue weighted by Crippen LogP contribution is 2.26. The standard InChI is InChI=1S/C15H24N4O5/c1-23-7-4-8-24-13-10-11(15(17)20)9-12(19(21)22)14(13)18-6-3-2-5-16/h2-3,10,12,18H,4-9,16H2,1H3,(H2,17,20)/b3-2+. The summed E-state index contributed by atoms with van der Waals surface area (Å²) in [6, 6.07) is -1.11. The van der Waals surface area contributed by atoms with E-state index < -0.39 is 16.9 Å². The minimum absolute atomic E-state index is 0.0732. The molecule has 0 aromatic carbocycles. The molecule has 9 heteroatoms. The molecule has 0 aliphatic heterocycles. The zero-order valence-electron chi connectivity index (χ0n) is 13.7. The van der Waals surface area contributed by atoms with Crippen LogP contribution in [0.15, 0.2) is 35.3 Å². The van der Waals surface area contributed by atoms with Crippen molar-refractivity contribution < 1.29 is 19.2 Å². The zero-order valence-corrected chi connectivity index (χ0v) is 13.7. The van der Waals surface area contributed by atoms with Gasteiger partial charge in [0.05, 0.1) is 13.0 Å². The maximum atomic E-state index is 11.4. The molecular formula is C15H24N4O5. The number of nitrogens with zero attached hydrogens (tertiary/aromatic N) is 1. The van der Waals surface area contributed by atoms with E-state index >= 15 is 0 Å². The first-order valence-corrected chi connectivity index (χ1v) is 7.60. The van der Waals surface area contributed by atoms with Gasteiger partial charge in [-0.15, -0.1) is 0 Å². The smallest absolute Gasteiger partial charge is 0.260 e. The number of amides is 1. The fraction of sp³-hybridized carbons (Fsp3) is 0.533. The first kappa shape index (κ1) is 19.7. The predicted molar refractivity (Wildman–Crippen MR) is 88.3 cm³/mol. The van der Waals surface area contributed by atoms with Gasteiger partial charge in [0.15, 0.2) is 0 Å². The Hall–Kier alpha value is -2.39. The Balaban J connectivity index is 3.02. The maximum absolute atomic E-state index is 11.4. The molecule has 9 nitrogen and oxygen atoms in total. The second-order valence-electron chi connectivity index (χ2n) is 5.10. The van der Waals surface area contributed by atoms with Crippen LogP contribution in [0.5, 0.6) is 0 Å². The average Bonchev–Trinajstić information content (AvgIpc) is 2.55. The van der Waals surface area contributed by atoms with Crippen LogP contribution in [-0.2, 0) is 14.3 Å². The van der Waals surface area contributed by atoms with Crippen molar-refractivity contribution >= 4 is 5.91 Å². The first-order valence-electron chi connectivity index (χ1n) is 7.60. The molecule has 0 saturated carbocycles. The van der Waals surface area contributed by atoms with Crippen LogP contribution in [0.2, 0.25) is 0 Å². The quantitative estimate of drug-likeness (QED) is 0.205. The molecule has 0 heterocycles. The fourth-order valence-electron chi connectivity index (χ4n) is 2.18. The molecule has 0 fully saturated rings. The Kier molecular flexibility index (Phi) is 8.52. The minimum atomic E-state index is -1.11. The molecule has 0 radical (unpaired) electrons. The van der Waals surface area contributed by atoms with Gasteiger partial charge in [0.2, 0.25) is 5.91 Å². The lowest BCUT2D eigenvalue weighted by atomic mass is 9.96. The highest BCUT2D eigenvalue weighted by Gasteiger charge is 2.35. The van der Waals surface area contributed by atoms with Crippen LogP contribution in [0.1, 0.15) is 12.8 Å². The van der Waals surface area contributed by atoms with Crippen molar-refractivity contribution in [1.29, 1.82) is 0 Å². The second kappa shape index (κ2) is 10.4. The van der Waals surface area contributed by atoms with Crippen molar-refractivity contribution in [3.8, 4) is 0 Å². The molecule has 0 spiro atoms. The monoisotopic (exact) mass is 340 g/mol. The predicted octanol–water partition coefficient (Wildman–Crippen LogP) is -0.184. The lowest BCUT2D eigenvalue weighted by Crippen LogP contribution is -2.37. The molecule has 0 bridgehead atoms. The molecule has 0 aromatic rings. The van der Waals surface area contributed by atoms with E-state index in [1.165, 1.54) is 6.08 Å². The van der Waals surface area contributed by atoms with Crippen LogP contribution in [0.4, 0.5) is 0 Å². The lowest BCUT2D eigenvalue weighted by molar-refractivity contribution is -0.512.